The first-order chi connectivity index (χ1) is 17.0. The maximum atomic E-state index is 13.3. The van der Waals surface area contributed by atoms with Crippen molar-refractivity contribution in [2.24, 2.45) is 0 Å². The highest BCUT2D eigenvalue weighted by Gasteiger charge is 2.47. The van der Waals surface area contributed by atoms with Crippen molar-refractivity contribution in [3.63, 3.8) is 0 Å². The lowest BCUT2D eigenvalue weighted by molar-refractivity contribution is -0.274. The molecule has 1 fully saturated rings. The molecule has 3 aromatic rings. The minimum atomic E-state index is -4.88. The number of ether oxygens (including phenoxy) is 2. The van der Waals surface area contributed by atoms with Crippen molar-refractivity contribution in [2.45, 2.75) is 26.3 Å². The van der Waals surface area contributed by atoms with E-state index in [9.17, 15) is 27.9 Å². The Morgan fingerprint density at radius 3 is 2.36 bits per heavy atom. The van der Waals surface area contributed by atoms with Crippen LogP contribution >= 0.6 is 0 Å². The number of alkyl halides is 3. The summed E-state index contributed by atoms with van der Waals surface area (Å²) in [5, 5.41) is 11.4. The summed E-state index contributed by atoms with van der Waals surface area (Å²) in [6.45, 7) is 3.59. The van der Waals surface area contributed by atoms with E-state index in [0.717, 1.165) is 22.6 Å². The standard InChI is InChI=1S/C26H21F3N2O5/c1-14-11-15(2)24(35-3)19(12-14)22(32)20-21(16-5-4-10-30-13-16)31(25(34)23(20)33)17-6-8-18(9-7-17)36-26(27,28)29/h4-13,21,32H,1-3H3/b22-20+. The molecule has 1 atom stereocenters. The number of aromatic nitrogens is 1. The smallest absolute Gasteiger partial charge is 0.507 e. The van der Waals surface area contributed by atoms with E-state index in [1.54, 1.807) is 25.1 Å². The average molecular weight is 498 g/mol. The fourth-order valence-electron chi connectivity index (χ4n) is 4.31. The largest absolute Gasteiger partial charge is 0.573 e. The summed E-state index contributed by atoms with van der Waals surface area (Å²) >= 11 is 0. The van der Waals surface area contributed by atoms with Crippen molar-refractivity contribution >= 4 is 23.1 Å². The number of halogens is 3. The zero-order valence-corrected chi connectivity index (χ0v) is 19.5. The van der Waals surface area contributed by atoms with Crippen LogP contribution in [0.2, 0.25) is 0 Å². The molecule has 2 heterocycles. The van der Waals surface area contributed by atoms with Crippen LogP contribution in [-0.4, -0.2) is 35.3 Å². The van der Waals surface area contributed by atoms with Crippen molar-refractivity contribution in [3.8, 4) is 11.5 Å². The summed E-state index contributed by atoms with van der Waals surface area (Å²) in [5.74, 6) is -2.51. The third kappa shape index (κ3) is 4.61. The predicted octanol–water partition coefficient (Wildman–Crippen LogP) is 5.23. The second kappa shape index (κ2) is 9.37. The number of carbonyl (C=O) groups excluding carboxylic acids is 2. The summed E-state index contributed by atoms with van der Waals surface area (Å²) in [6.07, 6.45) is -1.94. The van der Waals surface area contributed by atoms with Gasteiger partial charge in [-0.25, -0.2) is 0 Å². The number of pyridine rings is 1. The summed E-state index contributed by atoms with van der Waals surface area (Å²) in [4.78, 5) is 31.6. The molecule has 0 bridgehead atoms. The van der Waals surface area contributed by atoms with Gasteiger partial charge in [-0.3, -0.25) is 19.5 Å². The molecule has 1 aliphatic heterocycles. The number of aryl methyl sites for hydroxylation is 2. The first kappa shape index (κ1) is 24.8. The molecule has 7 nitrogen and oxygen atoms in total. The fraction of sp³-hybridized carbons (Fsp3) is 0.192. The Balaban J connectivity index is 1.90. The van der Waals surface area contributed by atoms with Gasteiger partial charge in [0.1, 0.15) is 17.3 Å². The number of carbonyl (C=O) groups is 2. The van der Waals surface area contributed by atoms with E-state index in [4.69, 9.17) is 4.74 Å². The summed E-state index contributed by atoms with van der Waals surface area (Å²) in [6, 6.07) is 10.1. The summed E-state index contributed by atoms with van der Waals surface area (Å²) in [7, 11) is 1.43. The van der Waals surface area contributed by atoms with Crippen LogP contribution in [0.15, 0.2) is 66.5 Å². The van der Waals surface area contributed by atoms with Crippen LogP contribution in [0.4, 0.5) is 18.9 Å². The van der Waals surface area contributed by atoms with Gasteiger partial charge in [-0.15, -0.1) is 13.2 Å². The van der Waals surface area contributed by atoms with Crippen LogP contribution in [0.5, 0.6) is 11.5 Å². The highest BCUT2D eigenvalue weighted by Crippen LogP contribution is 2.44. The minimum Gasteiger partial charge on any atom is -0.507 e. The van der Waals surface area contributed by atoms with Crippen LogP contribution in [0.25, 0.3) is 5.76 Å². The molecule has 4 rings (SSSR count). The molecule has 2 aromatic carbocycles. The summed E-state index contributed by atoms with van der Waals surface area (Å²) in [5.41, 5.74) is 2.08. The minimum absolute atomic E-state index is 0.131. The van der Waals surface area contributed by atoms with Gasteiger partial charge in [0.05, 0.1) is 24.3 Å². The number of hydrogen-bond acceptors (Lipinski definition) is 6. The molecule has 10 heteroatoms. The molecule has 186 valence electrons. The lowest BCUT2D eigenvalue weighted by Crippen LogP contribution is -2.29. The van der Waals surface area contributed by atoms with Crippen LogP contribution in [0.1, 0.15) is 28.3 Å². The number of hydrogen-bond donors (Lipinski definition) is 1. The van der Waals surface area contributed by atoms with Crippen LogP contribution in [0, 0.1) is 13.8 Å². The third-order valence-electron chi connectivity index (χ3n) is 5.67. The number of Topliss-reactive ketones (excluding diaryl/α,β-unsaturated/α-hetero) is 1. The number of methoxy groups -OCH3 is 1. The quantitative estimate of drug-likeness (QED) is 0.294. The highest BCUT2D eigenvalue weighted by molar-refractivity contribution is 6.51. The van der Waals surface area contributed by atoms with E-state index in [2.05, 4.69) is 9.72 Å². The van der Waals surface area contributed by atoms with Crippen molar-refractivity contribution in [2.75, 3.05) is 12.0 Å². The van der Waals surface area contributed by atoms with E-state index in [0.29, 0.717) is 16.9 Å². The lowest BCUT2D eigenvalue weighted by Gasteiger charge is -2.25. The maximum Gasteiger partial charge on any atom is 0.573 e. The average Bonchev–Trinajstić information content (AvgIpc) is 3.09. The van der Waals surface area contributed by atoms with Crippen molar-refractivity contribution in [1.29, 1.82) is 0 Å². The van der Waals surface area contributed by atoms with Gasteiger partial charge in [0.2, 0.25) is 0 Å². The zero-order valence-electron chi connectivity index (χ0n) is 19.5. The monoisotopic (exact) mass is 498 g/mol. The molecular weight excluding hydrogens is 477 g/mol. The van der Waals surface area contributed by atoms with Crippen molar-refractivity contribution in [1.82, 2.24) is 4.98 Å². The molecule has 0 radical (unpaired) electrons. The Kier molecular flexibility index (Phi) is 6.45. The highest BCUT2D eigenvalue weighted by atomic mass is 19.4. The van der Waals surface area contributed by atoms with Gasteiger partial charge >= 0.3 is 6.36 Å². The predicted molar refractivity (Wildman–Crippen MR) is 125 cm³/mol. The Bertz CT molecular complexity index is 1350. The van der Waals surface area contributed by atoms with E-state index in [-0.39, 0.29) is 16.8 Å². The van der Waals surface area contributed by atoms with Crippen LogP contribution < -0.4 is 14.4 Å². The molecule has 1 aromatic heterocycles. The van der Waals surface area contributed by atoms with Gasteiger partial charge in [-0.05, 0) is 66.9 Å². The normalized spacial score (nSPS) is 17.4. The number of amides is 1. The molecule has 36 heavy (non-hydrogen) atoms. The van der Waals surface area contributed by atoms with Crippen molar-refractivity contribution in [3.05, 3.63) is 88.8 Å². The van der Waals surface area contributed by atoms with Gasteiger partial charge in [0.25, 0.3) is 11.7 Å². The van der Waals surface area contributed by atoms with Gasteiger partial charge in [-0.2, -0.15) is 0 Å². The molecule has 0 aliphatic carbocycles. The molecule has 1 N–H and O–H groups in total. The van der Waals surface area contributed by atoms with E-state index >= 15 is 0 Å². The molecule has 1 saturated heterocycles. The van der Waals surface area contributed by atoms with Gasteiger partial charge in [0.15, 0.2) is 0 Å². The van der Waals surface area contributed by atoms with Gasteiger partial charge in [-0.1, -0.05) is 12.1 Å². The Morgan fingerprint density at radius 1 is 1.08 bits per heavy atom. The second-order valence-electron chi connectivity index (χ2n) is 8.16. The Labute approximate surface area is 204 Å². The number of aliphatic hydroxyl groups is 1. The van der Waals surface area contributed by atoms with Crippen LogP contribution in [0.3, 0.4) is 0 Å². The molecule has 1 unspecified atom stereocenters. The SMILES string of the molecule is COc1c(C)cc(C)cc1/C(O)=C1\C(=O)C(=O)N(c2ccc(OC(F)(F)F)cc2)C1c1cccnc1. The van der Waals surface area contributed by atoms with Crippen LogP contribution in [-0.2, 0) is 9.59 Å². The number of aliphatic hydroxyl groups excluding tert-OH is 1. The van der Waals surface area contributed by atoms with Gasteiger partial charge < -0.3 is 14.6 Å². The Hall–Kier alpha value is -4.34. The number of anilines is 1. The number of nitrogens with zero attached hydrogens (tertiary/aromatic N) is 2. The molecule has 1 amide bonds. The molecule has 1 aliphatic rings. The topological polar surface area (TPSA) is 89.0 Å². The molecule has 0 saturated carbocycles. The van der Waals surface area contributed by atoms with E-state index in [1.807, 2.05) is 13.0 Å². The van der Waals surface area contributed by atoms with E-state index < -0.39 is 35.6 Å². The lowest BCUT2D eigenvalue weighted by atomic mass is 9.94. The molecule has 0 spiro atoms. The maximum absolute atomic E-state index is 13.3. The summed E-state index contributed by atoms with van der Waals surface area (Å²) < 4.78 is 47.1. The van der Waals surface area contributed by atoms with Gasteiger partial charge in [0, 0.05) is 18.1 Å². The number of benzene rings is 2. The first-order valence-electron chi connectivity index (χ1n) is 10.7. The zero-order chi connectivity index (χ0) is 26.2. The second-order valence-corrected chi connectivity index (χ2v) is 8.16. The third-order valence-corrected chi connectivity index (χ3v) is 5.67. The molecular formula is C26H21F3N2O5. The first-order valence-corrected chi connectivity index (χ1v) is 10.7. The fourth-order valence-corrected chi connectivity index (χ4v) is 4.31. The Morgan fingerprint density at radius 2 is 1.78 bits per heavy atom. The number of rotatable bonds is 5. The van der Waals surface area contributed by atoms with E-state index in [1.165, 1.54) is 31.6 Å². The number of ketones is 1. The van der Waals surface area contributed by atoms with Crippen molar-refractivity contribution < 1.29 is 37.3 Å².